The second-order valence-electron chi connectivity index (χ2n) is 3.07. The highest BCUT2D eigenvalue weighted by molar-refractivity contribution is 9.10. The summed E-state index contributed by atoms with van der Waals surface area (Å²) < 4.78 is 30.9. The van der Waals surface area contributed by atoms with Crippen molar-refractivity contribution in [3.05, 3.63) is 27.7 Å². The number of aliphatic hydroxyl groups excluding tert-OH is 1. The number of carbonyl (C=O) groups is 1. The number of halogens is 3. The van der Waals surface area contributed by atoms with Gasteiger partial charge in [-0.1, -0.05) is 0 Å². The number of carbonyl (C=O) groups excluding carboxylic acids is 1. The minimum absolute atomic E-state index is 0.0294. The molecule has 0 aliphatic rings. The summed E-state index contributed by atoms with van der Waals surface area (Å²) in [6.07, 6.45) is -2.08. The minimum Gasteiger partial charge on any atom is -0.507 e. The third kappa shape index (κ3) is 2.73. The SMILES string of the molecule is CCOC(=O)C(O)c1c(F)cc(O)c(Br)c1F. The van der Waals surface area contributed by atoms with E-state index >= 15 is 0 Å². The highest BCUT2D eigenvalue weighted by Gasteiger charge is 2.28. The highest BCUT2D eigenvalue weighted by atomic mass is 79.9. The molecule has 0 saturated heterocycles. The molecule has 1 aromatic carbocycles. The van der Waals surface area contributed by atoms with Crippen LogP contribution in [0.4, 0.5) is 8.78 Å². The van der Waals surface area contributed by atoms with E-state index in [4.69, 9.17) is 5.11 Å². The first kappa shape index (κ1) is 13.9. The maximum atomic E-state index is 13.6. The maximum absolute atomic E-state index is 13.6. The molecule has 94 valence electrons. The molecule has 0 fully saturated rings. The molecular weight excluding hydrogens is 302 g/mol. The zero-order valence-electron chi connectivity index (χ0n) is 8.71. The smallest absolute Gasteiger partial charge is 0.339 e. The number of phenolic OH excluding ortho intramolecular Hbond substituents is 1. The molecule has 1 atom stereocenters. The molecule has 4 nitrogen and oxygen atoms in total. The molecule has 1 rings (SSSR count). The standard InChI is InChI=1S/C10H9BrF2O4/c1-2-17-10(16)9(15)6-4(12)3-5(14)7(11)8(6)13/h3,9,14-15H,2H2,1H3. The fourth-order valence-electron chi connectivity index (χ4n) is 1.19. The van der Waals surface area contributed by atoms with Gasteiger partial charge in [-0.2, -0.15) is 0 Å². The molecule has 0 aliphatic heterocycles. The first-order chi connectivity index (χ1) is 7.90. The van der Waals surface area contributed by atoms with Crippen molar-refractivity contribution < 1.29 is 28.5 Å². The van der Waals surface area contributed by atoms with Gasteiger partial charge >= 0.3 is 5.97 Å². The molecule has 0 heterocycles. The summed E-state index contributed by atoms with van der Waals surface area (Å²) in [6.45, 7) is 1.46. The van der Waals surface area contributed by atoms with E-state index in [0.29, 0.717) is 6.07 Å². The molecule has 0 saturated carbocycles. The molecule has 7 heteroatoms. The van der Waals surface area contributed by atoms with Crippen LogP contribution in [0.3, 0.4) is 0 Å². The van der Waals surface area contributed by atoms with E-state index in [1.54, 1.807) is 0 Å². The van der Waals surface area contributed by atoms with E-state index in [2.05, 4.69) is 20.7 Å². The van der Waals surface area contributed by atoms with Gasteiger partial charge in [-0.25, -0.2) is 13.6 Å². The molecular formula is C10H9BrF2O4. The van der Waals surface area contributed by atoms with Gasteiger partial charge in [0.1, 0.15) is 17.4 Å². The molecule has 1 aromatic rings. The Labute approximate surface area is 104 Å². The van der Waals surface area contributed by atoms with Crippen molar-refractivity contribution in [2.45, 2.75) is 13.0 Å². The summed E-state index contributed by atoms with van der Waals surface area (Å²) in [5.41, 5.74) is -0.867. The average molecular weight is 311 g/mol. The van der Waals surface area contributed by atoms with E-state index in [9.17, 15) is 18.7 Å². The quantitative estimate of drug-likeness (QED) is 0.662. The second-order valence-corrected chi connectivity index (χ2v) is 3.87. The Morgan fingerprint density at radius 2 is 2.18 bits per heavy atom. The summed E-state index contributed by atoms with van der Waals surface area (Å²) >= 11 is 2.67. The van der Waals surface area contributed by atoms with Gasteiger partial charge in [0.15, 0.2) is 6.10 Å². The lowest BCUT2D eigenvalue weighted by Crippen LogP contribution is -2.18. The Hall–Kier alpha value is -1.21. The Bertz CT molecular complexity index is 450. The molecule has 0 radical (unpaired) electrons. The van der Waals surface area contributed by atoms with Crippen molar-refractivity contribution >= 4 is 21.9 Å². The van der Waals surface area contributed by atoms with Crippen molar-refractivity contribution in [3.8, 4) is 5.75 Å². The monoisotopic (exact) mass is 310 g/mol. The fraction of sp³-hybridized carbons (Fsp3) is 0.300. The lowest BCUT2D eigenvalue weighted by Gasteiger charge is -2.13. The summed E-state index contributed by atoms with van der Waals surface area (Å²) in [6, 6.07) is 0.588. The van der Waals surface area contributed by atoms with E-state index in [-0.39, 0.29) is 6.61 Å². The molecule has 0 amide bonds. The number of ether oxygens (including phenoxy) is 1. The largest absolute Gasteiger partial charge is 0.507 e. The Kier molecular flexibility index (Phi) is 4.41. The maximum Gasteiger partial charge on any atom is 0.339 e. The van der Waals surface area contributed by atoms with Crippen LogP contribution < -0.4 is 0 Å². The fourth-order valence-corrected chi connectivity index (χ4v) is 1.51. The van der Waals surface area contributed by atoms with Crippen LogP contribution in [-0.2, 0) is 9.53 Å². The number of rotatable bonds is 3. The second kappa shape index (κ2) is 5.42. The van der Waals surface area contributed by atoms with Crippen LogP contribution in [0.1, 0.15) is 18.6 Å². The van der Waals surface area contributed by atoms with Gasteiger partial charge in [-0.3, -0.25) is 0 Å². The number of hydrogen-bond donors (Lipinski definition) is 2. The molecule has 2 N–H and O–H groups in total. The number of esters is 1. The van der Waals surface area contributed by atoms with Gasteiger partial charge in [0.05, 0.1) is 16.6 Å². The third-order valence-corrected chi connectivity index (χ3v) is 2.71. The predicted molar refractivity (Wildman–Crippen MR) is 57.3 cm³/mol. The Morgan fingerprint density at radius 1 is 1.59 bits per heavy atom. The minimum atomic E-state index is -2.08. The van der Waals surface area contributed by atoms with Gasteiger partial charge in [0, 0.05) is 6.07 Å². The summed E-state index contributed by atoms with van der Waals surface area (Å²) in [5, 5.41) is 18.5. The van der Waals surface area contributed by atoms with Crippen LogP contribution in [0.5, 0.6) is 5.75 Å². The number of benzene rings is 1. The van der Waals surface area contributed by atoms with E-state index < -0.39 is 39.5 Å². The summed E-state index contributed by atoms with van der Waals surface area (Å²) in [7, 11) is 0. The normalized spacial score (nSPS) is 12.3. The van der Waals surface area contributed by atoms with Crippen LogP contribution in [0.15, 0.2) is 10.5 Å². The van der Waals surface area contributed by atoms with Crippen LogP contribution >= 0.6 is 15.9 Å². The Balaban J connectivity index is 3.22. The molecule has 0 bridgehead atoms. The highest BCUT2D eigenvalue weighted by Crippen LogP contribution is 2.34. The van der Waals surface area contributed by atoms with Crippen molar-refractivity contribution in [1.29, 1.82) is 0 Å². The van der Waals surface area contributed by atoms with Gasteiger partial charge < -0.3 is 14.9 Å². The zero-order chi connectivity index (χ0) is 13.2. The van der Waals surface area contributed by atoms with Crippen LogP contribution in [0, 0.1) is 11.6 Å². The number of aliphatic hydroxyl groups is 1. The first-order valence-corrected chi connectivity index (χ1v) is 5.40. The van der Waals surface area contributed by atoms with E-state index in [0.717, 1.165) is 0 Å². The molecule has 1 unspecified atom stereocenters. The van der Waals surface area contributed by atoms with Crippen molar-refractivity contribution in [2.75, 3.05) is 6.61 Å². The third-order valence-electron chi connectivity index (χ3n) is 1.96. The molecule has 0 aliphatic carbocycles. The number of phenols is 1. The zero-order valence-corrected chi connectivity index (χ0v) is 10.3. The number of aromatic hydroxyl groups is 1. The molecule has 17 heavy (non-hydrogen) atoms. The van der Waals surface area contributed by atoms with Gasteiger partial charge in [-0.05, 0) is 22.9 Å². The van der Waals surface area contributed by atoms with E-state index in [1.807, 2.05) is 0 Å². The van der Waals surface area contributed by atoms with Crippen molar-refractivity contribution in [2.24, 2.45) is 0 Å². The molecule has 0 spiro atoms. The lowest BCUT2D eigenvalue weighted by molar-refractivity contribution is -0.153. The molecule has 0 aromatic heterocycles. The van der Waals surface area contributed by atoms with Crippen LogP contribution in [-0.4, -0.2) is 22.8 Å². The first-order valence-electron chi connectivity index (χ1n) is 4.61. The van der Waals surface area contributed by atoms with Crippen LogP contribution in [0.2, 0.25) is 0 Å². The number of hydrogen-bond acceptors (Lipinski definition) is 4. The predicted octanol–water partition coefficient (Wildman–Crippen LogP) is 2.03. The van der Waals surface area contributed by atoms with Gasteiger partial charge in [0.2, 0.25) is 0 Å². The Morgan fingerprint density at radius 3 is 2.71 bits per heavy atom. The summed E-state index contributed by atoms with van der Waals surface area (Å²) in [5.74, 6) is -4.31. The van der Waals surface area contributed by atoms with E-state index in [1.165, 1.54) is 6.92 Å². The van der Waals surface area contributed by atoms with Crippen molar-refractivity contribution in [1.82, 2.24) is 0 Å². The summed E-state index contributed by atoms with van der Waals surface area (Å²) in [4.78, 5) is 11.2. The van der Waals surface area contributed by atoms with Gasteiger partial charge in [-0.15, -0.1) is 0 Å². The van der Waals surface area contributed by atoms with Gasteiger partial charge in [0.25, 0.3) is 0 Å². The average Bonchev–Trinajstić information content (AvgIpc) is 2.26. The topological polar surface area (TPSA) is 66.8 Å². The lowest BCUT2D eigenvalue weighted by atomic mass is 10.1. The van der Waals surface area contributed by atoms with Crippen LogP contribution in [0.25, 0.3) is 0 Å². The van der Waals surface area contributed by atoms with Crippen molar-refractivity contribution in [3.63, 3.8) is 0 Å².